The fourth-order valence-corrected chi connectivity index (χ4v) is 4.28. The van der Waals surface area contributed by atoms with Gasteiger partial charge in [-0.15, -0.1) is 0 Å². The number of carbonyl (C=O) groups excluding carboxylic acids is 1. The quantitative estimate of drug-likeness (QED) is 0.835. The van der Waals surface area contributed by atoms with E-state index >= 15 is 0 Å². The van der Waals surface area contributed by atoms with Crippen LogP contribution < -0.4 is 14.8 Å². The van der Waals surface area contributed by atoms with Crippen molar-refractivity contribution in [2.45, 2.75) is 31.8 Å². The van der Waals surface area contributed by atoms with Crippen molar-refractivity contribution in [3.05, 3.63) is 48.2 Å². The van der Waals surface area contributed by atoms with Gasteiger partial charge in [-0.1, -0.05) is 12.7 Å². The molecule has 2 saturated heterocycles. The molecule has 1 N–H and O–H groups in total. The molecule has 2 aliphatic heterocycles. The summed E-state index contributed by atoms with van der Waals surface area (Å²) in [5.74, 6) is 1.43. The summed E-state index contributed by atoms with van der Waals surface area (Å²) in [6, 6.07) is 5.78. The first-order valence-corrected chi connectivity index (χ1v) is 9.44. The zero-order valence-corrected chi connectivity index (χ0v) is 16.5. The lowest BCUT2D eigenvalue weighted by Gasteiger charge is -2.40. The molecule has 2 aliphatic rings. The van der Waals surface area contributed by atoms with Crippen LogP contribution >= 0.6 is 0 Å². The number of ether oxygens (including phenoxy) is 2. The van der Waals surface area contributed by atoms with E-state index in [0.29, 0.717) is 24.6 Å². The summed E-state index contributed by atoms with van der Waals surface area (Å²) in [5.41, 5.74) is 1.75. The summed E-state index contributed by atoms with van der Waals surface area (Å²) in [6.07, 6.45) is 5.59. The van der Waals surface area contributed by atoms with Gasteiger partial charge in [0.2, 0.25) is 0 Å². The highest BCUT2D eigenvalue weighted by atomic mass is 16.5. The van der Waals surface area contributed by atoms with Crippen LogP contribution in [0.3, 0.4) is 0 Å². The average Bonchev–Trinajstić information content (AvgIpc) is 2.90. The van der Waals surface area contributed by atoms with Gasteiger partial charge in [0.1, 0.15) is 11.5 Å². The molecule has 27 heavy (non-hydrogen) atoms. The molecule has 146 valence electrons. The number of methoxy groups -OCH3 is 2. The Morgan fingerprint density at radius 2 is 1.81 bits per heavy atom. The fourth-order valence-electron chi connectivity index (χ4n) is 4.28. The van der Waals surface area contributed by atoms with Gasteiger partial charge < -0.3 is 19.7 Å². The molecule has 0 aromatic heterocycles. The summed E-state index contributed by atoms with van der Waals surface area (Å²) in [6.45, 7) is 8.89. The van der Waals surface area contributed by atoms with Crippen LogP contribution in [0.2, 0.25) is 0 Å². The second-order valence-corrected chi connectivity index (χ2v) is 6.90. The number of hydrogen-bond acceptors (Lipinski definition) is 4. The van der Waals surface area contributed by atoms with Gasteiger partial charge in [0.05, 0.1) is 26.3 Å². The summed E-state index contributed by atoms with van der Waals surface area (Å²) in [5, 5.41) is 3.41. The van der Waals surface area contributed by atoms with Crippen molar-refractivity contribution in [1.82, 2.24) is 15.1 Å². The third kappa shape index (κ3) is 3.41. The number of rotatable bonds is 6. The van der Waals surface area contributed by atoms with Gasteiger partial charge in [-0.3, -0.25) is 4.90 Å². The molecule has 2 heterocycles. The maximum atomic E-state index is 13.3. The van der Waals surface area contributed by atoms with Gasteiger partial charge >= 0.3 is 6.03 Å². The molecule has 2 amide bonds. The number of allylic oxidation sites excluding steroid dienone is 2. The molecule has 0 atom stereocenters. The lowest BCUT2D eigenvalue weighted by atomic mass is 9.84. The van der Waals surface area contributed by atoms with Gasteiger partial charge in [0, 0.05) is 18.3 Å². The zero-order chi connectivity index (χ0) is 19.4. The molecule has 1 aromatic rings. The summed E-state index contributed by atoms with van der Waals surface area (Å²) < 4.78 is 10.8. The number of benzene rings is 1. The fraction of sp³-hybridized carbons (Fsp3) is 0.476. The molecule has 6 nitrogen and oxygen atoms in total. The van der Waals surface area contributed by atoms with Crippen LogP contribution in [0.1, 0.15) is 25.3 Å². The average molecular weight is 371 g/mol. The van der Waals surface area contributed by atoms with Gasteiger partial charge in [-0.2, -0.15) is 0 Å². The molecule has 0 radical (unpaired) electrons. The van der Waals surface area contributed by atoms with Crippen LogP contribution in [0, 0.1) is 0 Å². The summed E-state index contributed by atoms with van der Waals surface area (Å²) >= 11 is 0. The Bertz CT molecular complexity index is 716. The Hall–Kier alpha value is -2.47. The molecule has 0 aliphatic carbocycles. The predicted molar refractivity (Wildman–Crippen MR) is 106 cm³/mol. The lowest BCUT2D eigenvalue weighted by Crippen LogP contribution is -2.52. The smallest absolute Gasteiger partial charge is 0.325 e. The molecule has 0 unspecified atom stereocenters. The van der Waals surface area contributed by atoms with Gasteiger partial charge in [0.15, 0.2) is 0 Å². The number of hydrogen-bond donors (Lipinski definition) is 1. The Morgan fingerprint density at radius 3 is 2.33 bits per heavy atom. The zero-order valence-electron chi connectivity index (χ0n) is 16.5. The normalized spacial score (nSPS) is 20.4. The second kappa shape index (κ2) is 8.05. The van der Waals surface area contributed by atoms with Crippen molar-refractivity contribution in [3.63, 3.8) is 0 Å². The Labute approximate surface area is 161 Å². The molecular formula is C21H29N3O3. The number of nitrogens with zero attached hydrogens (tertiary/aromatic N) is 2. The highest BCUT2D eigenvalue weighted by Crippen LogP contribution is 2.43. The van der Waals surface area contributed by atoms with Gasteiger partial charge in [-0.25, -0.2) is 4.79 Å². The van der Waals surface area contributed by atoms with Crippen LogP contribution in [0.25, 0.3) is 0 Å². The van der Waals surface area contributed by atoms with E-state index in [1.807, 2.05) is 41.0 Å². The standard InChI is InChI=1S/C21H29N3O3/c1-5-7-19-21(8-10-22-11-9-21)24(6-2)20(25)23(19)15-16-12-17(26-3)14-18(13-16)27-4/h5,7,12-14,22H,1,6,8-11,15H2,2-4H3/b19-7+. The number of piperidine rings is 1. The monoisotopic (exact) mass is 371 g/mol. The van der Waals surface area contributed by atoms with E-state index in [2.05, 4.69) is 11.9 Å². The number of nitrogens with one attached hydrogen (secondary N) is 1. The summed E-state index contributed by atoms with van der Waals surface area (Å²) in [4.78, 5) is 17.2. The summed E-state index contributed by atoms with van der Waals surface area (Å²) in [7, 11) is 3.26. The first-order chi connectivity index (χ1) is 13.1. The van der Waals surface area contributed by atoms with Crippen LogP contribution in [0.4, 0.5) is 4.79 Å². The number of urea groups is 1. The van der Waals surface area contributed by atoms with Gasteiger partial charge in [0.25, 0.3) is 0 Å². The molecule has 6 heteroatoms. The highest BCUT2D eigenvalue weighted by Gasteiger charge is 2.52. The minimum atomic E-state index is -0.256. The molecule has 2 fully saturated rings. The second-order valence-electron chi connectivity index (χ2n) is 6.90. The molecular weight excluding hydrogens is 342 g/mol. The van der Waals surface area contributed by atoms with Crippen molar-refractivity contribution >= 4 is 6.03 Å². The van der Waals surface area contributed by atoms with Crippen LogP contribution in [-0.4, -0.2) is 55.2 Å². The topological polar surface area (TPSA) is 54.0 Å². The maximum Gasteiger partial charge on any atom is 0.325 e. The predicted octanol–water partition coefficient (Wildman–Crippen LogP) is 3.15. The van der Waals surface area contributed by atoms with E-state index in [4.69, 9.17) is 9.47 Å². The minimum absolute atomic E-state index is 0.0503. The van der Waals surface area contributed by atoms with E-state index < -0.39 is 0 Å². The van der Waals surface area contributed by atoms with Crippen molar-refractivity contribution < 1.29 is 14.3 Å². The van der Waals surface area contributed by atoms with E-state index in [-0.39, 0.29) is 11.6 Å². The highest BCUT2D eigenvalue weighted by molar-refractivity contribution is 5.82. The van der Waals surface area contributed by atoms with Crippen molar-refractivity contribution in [1.29, 1.82) is 0 Å². The van der Waals surface area contributed by atoms with E-state index in [1.54, 1.807) is 20.3 Å². The van der Waals surface area contributed by atoms with E-state index in [0.717, 1.165) is 37.2 Å². The Balaban J connectivity index is 2.00. The first-order valence-electron chi connectivity index (χ1n) is 9.44. The molecule has 0 saturated carbocycles. The van der Waals surface area contributed by atoms with Crippen molar-refractivity contribution in [2.24, 2.45) is 0 Å². The minimum Gasteiger partial charge on any atom is -0.497 e. The maximum absolute atomic E-state index is 13.3. The van der Waals surface area contributed by atoms with Crippen LogP contribution in [0.15, 0.2) is 42.6 Å². The Kier molecular flexibility index (Phi) is 5.75. The third-order valence-electron chi connectivity index (χ3n) is 5.52. The largest absolute Gasteiger partial charge is 0.497 e. The number of likely N-dealkylation sites (N-methyl/N-ethyl adjacent to an activating group) is 1. The van der Waals surface area contributed by atoms with E-state index in [1.165, 1.54) is 0 Å². The van der Waals surface area contributed by atoms with E-state index in [9.17, 15) is 4.79 Å². The first kappa shape index (κ1) is 19.3. The molecule has 0 bridgehead atoms. The number of amides is 2. The molecule has 3 rings (SSSR count). The third-order valence-corrected chi connectivity index (χ3v) is 5.52. The van der Waals surface area contributed by atoms with Crippen molar-refractivity contribution in [2.75, 3.05) is 33.9 Å². The number of carbonyl (C=O) groups is 1. The Morgan fingerprint density at radius 1 is 1.19 bits per heavy atom. The molecule has 1 spiro atoms. The SMILES string of the molecule is C=C/C=C1/N(Cc2cc(OC)cc(OC)c2)C(=O)N(CC)C12CCNCC2. The van der Waals surface area contributed by atoms with Gasteiger partial charge in [-0.05, 0) is 56.6 Å². The van der Waals surface area contributed by atoms with Crippen molar-refractivity contribution in [3.8, 4) is 11.5 Å². The van der Waals surface area contributed by atoms with Crippen LogP contribution in [-0.2, 0) is 6.54 Å². The lowest BCUT2D eigenvalue weighted by molar-refractivity contribution is 0.141. The van der Waals surface area contributed by atoms with Crippen LogP contribution in [0.5, 0.6) is 11.5 Å². The molecule has 1 aromatic carbocycles.